The van der Waals surface area contributed by atoms with Crippen molar-refractivity contribution < 1.29 is 9.18 Å². The Labute approximate surface area is 101 Å². The Hall–Kier alpha value is -1.19. The first-order valence-corrected chi connectivity index (χ1v) is 5.83. The van der Waals surface area contributed by atoms with Gasteiger partial charge in [-0.3, -0.25) is 4.79 Å². The van der Waals surface area contributed by atoms with E-state index in [1.165, 1.54) is 6.07 Å². The molecule has 4 heteroatoms. The fourth-order valence-electron chi connectivity index (χ4n) is 1.38. The summed E-state index contributed by atoms with van der Waals surface area (Å²) in [6, 6.07) is 7.72. The maximum absolute atomic E-state index is 13.5. The van der Waals surface area contributed by atoms with Gasteiger partial charge in [-0.1, -0.05) is 23.2 Å². The molecule has 0 atom stereocenters. The Bertz CT molecular complexity index is 548. The minimum Gasteiger partial charge on any atom is -0.288 e. The van der Waals surface area contributed by atoms with Crippen LogP contribution in [0.5, 0.6) is 0 Å². The summed E-state index contributed by atoms with van der Waals surface area (Å²) < 4.78 is 14.0. The van der Waals surface area contributed by atoms with Gasteiger partial charge in [-0.25, -0.2) is 4.39 Å². The highest BCUT2D eigenvalue weighted by Gasteiger charge is 2.15. The summed E-state index contributed by atoms with van der Waals surface area (Å²) in [5, 5.41) is 0. The minimum absolute atomic E-state index is 0.0958. The number of halogens is 2. The van der Waals surface area contributed by atoms with Crippen LogP contribution in [0.1, 0.15) is 20.8 Å². The predicted octanol–water partition coefficient (Wildman–Crippen LogP) is 4.08. The first-order valence-electron chi connectivity index (χ1n) is 4.64. The van der Waals surface area contributed by atoms with Gasteiger partial charge in [0.25, 0.3) is 0 Å². The molecule has 16 heavy (non-hydrogen) atoms. The monoisotopic (exact) mass is 254 g/mol. The number of ketones is 1. The standard InChI is InChI=1S/C12H8ClFOS/c1-7-2-3-9(14)8(6-7)12(15)10-4-5-11(13)16-10/h2-6H,1H3. The molecule has 1 aromatic carbocycles. The van der Waals surface area contributed by atoms with Gasteiger partial charge in [-0.15, -0.1) is 11.3 Å². The molecule has 82 valence electrons. The van der Waals surface area contributed by atoms with E-state index >= 15 is 0 Å². The molecule has 2 aromatic rings. The summed E-state index contributed by atoms with van der Waals surface area (Å²) >= 11 is 6.89. The summed E-state index contributed by atoms with van der Waals surface area (Å²) in [4.78, 5) is 12.4. The van der Waals surface area contributed by atoms with Crippen molar-refractivity contribution in [1.29, 1.82) is 0 Å². The van der Waals surface area contributed by atoms with Crippen molar-refractivity contribution in [3.63, 3.8) is 0 Å². The zero-order valence-electron chi connectivity index (χ0n) is 8.46. The lowest BCUT2D eigenvalue weighted by Crippen LogP contribution is -2.02. The van der Waals surface area contributed by atoms with E-state index in [2.05, 4.69) is 0 Å². The van der Waals surface area contributed by atoms with E-state index in [4.69, 9.17) is 11.6 Å². The molecular formula is C12H8ClFOS. The van der Waals surface area contributed by atoms with E-state index in [-0.39, 0.29) is 11.3 Å². The summed E-state index contributed by atoms with van der Waals surface area (Å²) in [5.41, 5.74) is 0.950. The molecule has 0 radical (unpaired) electrons. The van der Waals surface area contributed by atoms with Gasteiger partial charge in [0.1, 0.15) is 5.82 Å². The van der Waals surface area contributed by atoms with Gasteiger partial charge in [0.2, 0.25) is 5.78 Å². The Morgan fingerprint density at radius 2 is 2.06 bits per heavy atom. The van der Waals surface area contributed by atoms with Gasteiger partial charge < -0.3 is 0 Å². The molecule has 0 fully saturated rings. The zero-order chi connectivity index (χ0) is 11.7. The molecular weight excluding hydrogens is 247 g/mol. The highest BCUT2D eigenvalue weighted by molar-refractivity contribution is 7.18. The van der Waals surface area contributed by atoms with Crippen molar-refractivity contribution in [2.75, 3.05) is 0 Å². The van der Waals surface area contributed by atoms with Crippen LogP contribution in [0.3, 0.4) is 0 Å². The Morgan fingerprint density at radius 3 is 2.69 bits per heavy atom. The van der Waals surface area contributed by atoms with Crippen LogP contribution in [0, 0.1) is 12.7 Å². The van der Waals surface area contributed by atoms with Gasteiger partial charge in [-0.05, 0) is 31.2 Å². The number of aryl methyl sites for hydroxylation is 1. The first-order chi connectivity index (χ1) is 7.58. The van der Waals surface area contributed by atoms with Gasteiger partial charge in [0.05, 0.1) is 14.8 Å². The molecule has 0 saturated carbocycles. The number of benzene rings is 1. The second-order valence-corrected chi connectivity index (χ2v) is 5.13. The first kappa shape index (κ1) is 11.3. The van der Waals surface area contributed by atoms with Gasteiger partial charge in [0.15, 0.2) is 0 Å². The third-order valence-corrected chi connectivity index (χ3v) is 3.39. The lowest BCUT2D eigenvalue weighted by molar-refractivity contribution is 0.103. The maximum atomic E-state index is 13.5. The van der Waals surface area contributed by atoms with Crippen molar-refractivity contribution in [1.82, 2.24) is 0 Å². The van der Waals surface area contributed by atoms with E-state index in [0.29, 0.717) is 9.21 Å². The normalized spacial score (nSPS) is 10.4. The number of hydrogen-bond acceptors (Lipinski definition) is 2. The van der Waals surface area contributed by atoms with Crippen LogP contribution < -0.4 is 0 Å². The molecule has 2 rings (SSSR count). The summed E-state index contributed by atoms with van der Waals surface area (Å²) in [7, 11) is 0. The van der Waals surface area contributed by atoms with E-state index < -0.39 is 5.82 Å². The third kappa shape index (κ3) is 2.15. The predicted molar refractivity (Wildman–Crippen MR) is 63.9 cm³/mol. The highest BCUT2D eigenvalue weighted by Crippen LogP contribution is 2.25. The lowest BCUT2D eigenvalue weighted by Gasteiger charge is -2.01. The van der Waals surface area contributed by atoms with E-state index in [1.54, 1.807) is 24.3 Å². The summed E-state index contributed by atoms with van der Waals surface area (Å²) in [5.74, 6) is -0.821. The molecule has 0 aliphatic heterocycles. The molecule has 0 bridgehead atoms. The number of carbonyl (C=O) groups is 1. The Balaban J connectivity index is 2.45. The average Bonchev–Trinajstić information content (AvgIpc) is 2.67. The highest BCUT2D eigenvalue weighted by atomic mass is 35.5. The van der Waals surface area contributed by atoms with Crippen molar-refractivity contribution in [2.45, 2.75) is 6.92 Å². The molecule has 1 aromatic heterocycles. The second-order valence-electron chi connectivity index (χ2n) is 3.42. The van der Waals surface area contributed by atoms with Crippen LogP contribution in [0.25, 0.3) is 0 Å². The SMILES string of the molecule is Cc1ccc(F)c(C(=O)c2ccc(Cl)s2)c1. The lowest BCUT2D eigenvalue weighted by atomic mass is 10.1. The number of hydrogen-bond donors (Lipinski definition) is 0. The van der Waals surface area contributed by atoms with Crippen LogP contribution in [0.2, 0.25) is 4.34 Å². The van der Waals surface area contributed by atoms with Crippen molar-refractivity contribution in [2.24, 2.45) is 0 Å². The quantitative estimate of drug-likeness (QED) is 0.738. The largest absolute Gasteiger partial charge is 0.288 e. The number of rotatable bonds is 2. The maximum Gasteiger partial charge on any atom is 0.205 e. The average molecular weight is 255 g/mol. The molecule has 0 N–H and O–H groups in total. The van der Waals surface area contributed by atoms with Crippen LogP contribution in [-0.2, 0) is 0 Å². The second kappa shape index (κ2) is 4.36. The summed E-state index contributed by atoms with van der Waals surface area (Å²) in [6.07, 6.45) is 0. The molecule has 0 saturated heterocycles. The van der Waals surface area contributed by atoms with Crippen molar-refractivity contribution >= 4 is 28.7 Å². The van der Waals surface area contributed by atoms with E-state index in [0.717, 1.165) is 16.9 Å². The molecule has 0 aliphatic carbocycles. The molecule has 0 aliphatic rings. The van der Waals surface area contributed by atoms with Crippen molar-refractivity contribution in [3.8, 4) is 0 Å². The topological polar surface area (TPSA) is 17.1 Å². The minimum atomic E-state index is -0.500. The van der Waals surface area contributed by atoms with Gasteiger partial charge >= 0.3 is 0 Å². The van der Waals surface area contributed by atoms with Crippen LogP contribution in [0.15, 0.2) is 30.3 Å². The van der Waals surface area contributed by atoms with Gasteiger partial charge in [0, 0.05) is 0 Å². The third-order valence-electron chi connectivity index (χ3n) is 2.16. The van der Waals surface area contributed by atoms with Crippen LogP contribution >= 0.6 is 22.9 Å². The van der Waals surface area contributed by atoms with Crippen LogP contribution in [0.4, 0.5) is 4.39 Å². The number of thiophene rings is 1. The fourth-order valence-corrected chi connectivity index (χ4v) is 2.38. The Morgan fingerprint density at radius 1 is 1.31 bits per heavy atom. The zero-order valence-corrected chi connectivity index (χ0v) is 10.0. The number of carbonyl (C=O) groups excluding carboxylic acids is 1. The smallest absolute Gasteiger partial charge is 0.205 e. The fraction of sp³-hybridized carbons (Fsp3) is 0.0833. The molecule has 1 nitrogen and oxygen atoms in total. The molecule has 1 heterocycles. The van der Waals surface area contributed by atoms with Crippen molar-refractivity contribution in [3.05, 3.63) is 56.5 Å². The van der Waals surface area contributed by atoms with E-state index in [1.807, 2.05) is 6.92 Å². The Kier molecular flexibility index (Phi) is 3.08. The summed E-state index contributed by atoms with van der Waals surface area (Å²) in [6.45, 7) is 1.82. The molecule has 0 amide bonds. The van der Waals surface area contributed by atoms with Crippen LogP contribution in [-0.4, -0.2) is 5.78 Å². The molecule has 0 unspecified atom stereocenters. The molecule has 0 spiro atoms. The van der Waals surface area contributed by atoms with E-state index in [9.17, 15) is 9.18 Å². The van der Waals surface area contributed by atoms with Gasteiger partial charge in [-0.2, -0.15) is 0 Å².